The maximum absolute atomic E-state index is 13.9. The molecule has 1 aromatic heterocycles. The molecule has 0 saturated carbocycles. The fraction of sp³-hybridized carbons (Fsp3) is 0.0769. The topological polar surface area (TPSA) is 138 Å². The predicted octanol–water partition coefficient (Wildman–Crippen LogP) is 6.05. The van der Waals surface area contributed by atoms with Crippen LogP contribution in [0.4, 0.5) is 27.3 Å². The van der Waals surface area contributed by atoms with Gasteiger partial charge in [-0.05, 0) is 60.8 Å². The second-order valence-electron chi connectivity index (χ2n) is 8.75. The van der Waals surface area contributed by atoms with Gasteiger partial charge in [0.1, 0.15) is 5.02 Å². The summed E-state index contributed by atoms with van der Waals surface area (Å²) in [4.78, 5) is 33.4. The van der Waals surface area contributed by atoms with E-state index in [9.17, 15) is 27.0 Å². The van der Waals surface area contributed by atoms with E-state index in [1.165, 1.54) is 12.1 Å². The third kappa shape index (κ3) is 4.85. The lowest BCUT2D eigenvalue weighted by Gasteiger charge is -2.23. The number of hydrogen-bond acceptors (Lipinski definition) is 8. The van der Waals surface area contributed by atoms with E-state index in [1.54, 1.807) is 38.1 Å². The van der Waals surface area contributed by atoms with Crippen LogP contribution in [0.3, 0.4) is 0 Å². The number of nitrogens with zero attached hydrogens (tertiary/aromatic N) is 2. The molecule has 0 spiro atoms. The molecular formula is C26H17Cl2FN4O5S. The molecule has 1 aliphatic carbocycles. The Labute approximate surface area is 231 Å². The molecule has 3 aromatic carbocycles. The van der Waals surface area contributed by atoms with Crippen LogP contribution in [0.1, 0.15) is 43.0 Å². The molecule has 39 heavy (non-hydrogen) atoms. The van der Waals surface area contributed by atoms with Crippen LogP contribution < -0.4 is 10.6 Å². The standard InChI is InChI=1S/C26H17Cl2FN4O5S/c1-11-8-18(31-25-21(27)24(29)32-26(28)33-25)12(2)7-17(11)30-19-10-13(39(36,37)38)9-16-20(19)23(35)15-6-4-3-5-14(15)22(16)34/h3-10,30H,1-2H3,(H,31,32,33)(H,36,37,38). The summed E-state index contributed by atoms with van der Waals surface area (Å²) in [5.41, 5.74) is 2.36. The smallest absolute Gasteiger partial charge is 0.294 e. The zero-order valence-corrected chi connectivity index (χ0v) is 22.5. The number of carbonyl (C=O) groups is 2. The number of hydrogen-bond donors (Lipinski definition) is 3. The second-order valence-corrected chi connectivity index (χ2v) is 10.9. The van der Waals surface area contributed by atoms with E-state index in [4.69, 9.17) is 23.2 Å². The summed E-state index contributed by atoms with van der Waals surface area (Å²) in [5, 5.41) is 5.27. The largest absolute Gasteiger partial charge is 0.355 e. The Kier molecular flexibility index (Phi) is 6.63. The Morgan fingerprint density at radius 3 is 2.03 bits per heavy atom. The molecule has 0 fully saturated rings. The van der Waals surface area contributed by atoms with Gasteiger partial charge in [0, 0.05) is 28.1 Å². The van der Waals surface area contributed by atoms with E-state index in [1.807, 2.05) is 0 Å². The third-order valence-corrected chi connectivity index (χ3v) is 7.51. The minimum Gasteiger partial charge on any atom is -0.355 e. The number of anilines is 4. The molecule has 198 valence electrons. The number of aryl methyl sites for hydroxylation is 2. The first-order chi connectivity index (χ1) is 18.3. The normalized spacial score (nSPS) is 12.7. The summed E-state index contributed by atoms with van der Waals surface area (Å²) in [7, 11) is -4.72. The number of aromatic nitrogens is 2. The first kappa shape index (κ1) is 26.7. The summed E-state index contributed by atoms with van der Waals surface area (Å²) < 4.78 is 47.7. The lowest BCUT2D eigenvalue weighted by atomic mass is 9.83. The van der Waals surface area contributed by atoms with Gasteiger partial charge < -0.3 is 10.6 Å². The molecule has 0 aliphatic heterocycles. The highest BCUT2D eigenvalue weighted by Crippen LogP contribution is 2.37. The van der Waals surface area contributed by atoms with Crippen LogP contribution in [0.2, 0.25) is 10.3 Å². The highest BCUT2D eigenvalue weighted by molar-refractivity contribution is 7.85. The van der Waals surface area contributed by atoms with E-state index in [0.29, 0.717) is 22.5 Å². The molecule has 0 radical (unpaired) electrons. The van der Waals surface area contributed by atoms with Crippen molar-refractivity contribution in [2.24, 2.45) is 0 Å². The van der Waals surface area contributed by atoms with Gasteiger partial charge >= 0.3 is 0 Å². The van der Waals surface area contributed by atoms with Gasteiger partial charge in [0.2, 0.25) is 11.2 Å². The molecular weight excluding hydrogens is 570 g/mol. The lowest BCUT2D eigenvalue weighted by Crippen LogP contribution is -2.23. The van der Waals surface area contributed by atoms with Gasteiger partial charge in [0.05, 0.1) is 16.1 Å². The molecule has 9 nitrogen and oxygen atoms in total. The Hall–Kier alpha value is -3.90. The third-order valence-electron chi connectivity index (χ3n) is 6.18. The van der Waals surface area contributed by atoms with Crippen molar-refractivity contribution in [1.82, 2.24) is 9.97 Å². The summed E-state index contributed by atoms with van der Waals surface area (Å²) in [6.07, 6.45) is 0. The molecule has 3 N–H and O–H groups in total. The summed E-state index contributed by atoms with van der Waals surface area (Å²) >= 11 is 11.7. The van der Waals surface area contributed by atoms with Crippen molar-refractivity contribution >= 4 is 67.8 Å². The number of nitrogens with one attached hydrogen (secondary N) is 2. The Balaban J connectivity index is 1.60. The van der Waals surface area contributed by atoms with Gasteiger partial charge in [-0.1, -0.05) is 35.9 Å². The van der Waals surface area contributed by atoms with Crippen molar-refractivity contribution in [2.75, 3.05) is 10.6 Å². The van der Waals surface area contributed by atoms with Gasteiger partial charge in [-0.3, -0.25) is 14.1 Å². The summed E-state index contributed by atoms with van der Waals surface area (Å²) in [5.74, 6) is -2.06. The lowest BCUT2D eigenvalue weighted by molar-refractivity contribution is 0.0979. The first-order valence-electron chi connectivity index (χ1n) is 11.2. The van der Waals surface area contributed by atoms with Crippen LogP contribution in [0, 0.1) is 19.8 Å². The van der Waals surface area contributed by atoms with Gasteiger partial charge in [-0.2, -0.15) is 22.8 Å². The van der Waals surface area contributed by atoms with Crippen molar-refractivity contribution in [3.63, 3.8) is 0 Å². The minimum absolute atomic E-state index is 0.0175. The maximum Gasteiger partial charge on any atom is 0.294 e. The fourth-order valence-corrected chi connectivity index (χ4v) is 5.10. The molecule has 1 aliphatic rings. The van der Waals surface area contributed by atoms with Crippen molar-refractivity contribution in [2.45, 2.75) is 18.7 Å². The van der Waals surface area contributed by atoms with Crippen LogP contribution in [0.25, 0.3) is 0 Å². The van der Waals surface area contributed by atoms with Crippen molar-refractivity contribution < 1.29 is 27.0 Å². The second kappa shape index (κ2) is 9.69. The SMILES string of the molecule is Cc1cc(Nc2nc(Cl)nc(F)c2Cl)c(C)cc1Nc1cc(S(=O)(=O)O)cc2c1C(=O)c1ccccc1C2=O. The van der Waals surface area contributed by atoms with E-state index in [0.717, 1.165) is 12.1 Å². The van der Waals surface area contributed by atoms with Crippen molar-refractivity contribution in [3.8, 4) is 0 Å². The van der Waals surface area contributed by atoms with Crippen molar-refractivity contribution in [1.29, 1.82) is 0 Å². The fourth-order valence-electron chi connectivity index (χ4n) is 4.28. The zero-order chi connectivity index (χ0) is 28.2. The van der Waals surface area contributed by atoms with Crippen LogP contribution >= 0.6 is 23.2 Å². The van der Waals surface area contributed by atoms with E-state index >= 15 is 0 Å². The van der Waals surface area contributed by atoms with Crippen LogP contribution in [0.5, 0.6) is 0 Å². The molecule has 4 aromatic rings. The summed E-state index contributed by atoms with van der Waals surface area (Å²) in [6, 6.07) is 11.7. The molecule has 0 bridgehead atoms. The number of rotatable bonds is 5. The number of benzene rings is 3. The average molecular weight is 587 g/mol. The number of carbonyl (C=O) groups excluding carboxylic acids is 2. The predicted molar refractivity (Wildman–Crippen MR) is 144 cm³/mol. The van der Waals surface area contributed by atoms with Gasteiger partial charge in [0.15, 0.2) is 17.4 Å². The van der Waals surface area contributed by atoms with Gasteiger partial charge in [-0.15, -0.1) is 0 Å². The Morgan fingerprint density at radius 1 is 0.821 bits per heavy atom. The van der Waals surface area contributed by atoms with Gasteiger partial charge in [-0.25, -0.2) is 0 Å². The van der Waals surface area contributed by atoms with Crippen LogP contribution in [0.15, 0.2) is 53.4 Å². The van der Waals surface area contributed by atoms with E-state index in [-0.39, 0.29) is 44.1 Å². The quantitative estimate of drug-likeness (QED) is 0.127. The molecule has 0 amide bonds. The number of halogens is 3. The Morgan fingerprint density at radius 2 is 1.41 bits per heavy atom. The van der Waals surface area contributed by atoms with Gasteiger partial charge in [0.25, 0.3) is 10.1 Å². The van der Waals surface area contributed by atoms with Crippen molar-refractivity contribution in [3.05, 3.63) is 98.2 Å². The van der Waals surface area contributed by atoms with Crippen LogP contribution in [-0.2, 0) is 10.1 Å². The maximum atomic E-state index is 13.9. The molecule has 5 rings (SSSR count). The molecule has 1 heterocycles. The van der Waals surface area contributed by atoms with E-state index < -0.39 is 32.5 Å². The summed E-state index contributed by atoms with van der Waals surface area (Å²) in [6.45, 7) is 3.46. The molecule has 0 saturated heterocycles. The average Bonchev–Trinajstić information content (AvgIpc) is 2.87. The Bertz CT molecular complexity index is 1850. The number of fused-ring (bicyclic) bond motifs is 2. The highest BCUT2D eigenvalue weighted by atomic mass is 35.5. The highest BCUT2D eigenvalue weighted by Gasteiger charge is 2.33. The van der Waals surface area contributed by atoms with E-state index in [2.05, 4.69) is 20.6 Å². The monoisotopic (exact) mass is 586 g/mol. The zero-order valence-electron chi connectivity index (χ0n) is 20.1. The number of ketones is 2. The molecule has 13 heteroatoms. The molecule has 0 atom stereocenters. The molecule has 0 unspecified atom stereocenters. The minimum atomic E-state index is -4.72. The van der Waals surface area contributed by atoms with Crippen LogP contribution in [-0.4, -0.2) is 34.5 Å². The first-order valence-corrected chi connectivity index (χ1v) is 13.4.